The first kappa shape index (κ1) is 33.5. The molecule has 1 aliphatic heterocycles. The lowest BCUT2D eigenvalue weighted by Gasteiger charge is -2.18. The summed E-state index contributed by atoms with van der Waals surface area (Å²) in [5.41, 5.74) is 1.11. The zero-order chi connectivity index (χ0) is 33.9. The van der Waals surface area contributed by atoms with Gasteiger partial charge in [-0.15, -0.1) is 11.3 Å². The minimum absolute atomic E-state index is 0.00532. The zero-order valence-electron chi connectivity index (χ0n) is 25.0. The van der Waals surface area contributed by atoms with Crippen molar-refractivity contribution in [2.45, 2.75) is 37.3 Å². The van der Waals surface area contributed by atoms with E-state index in [2.05, 4.69) is 15.3 Å². The number of hydrogen-bond donors (Lipinski definition) is 1. The Kier molecular flexibility index (Phi) is 9.63. The monoisotopic (exact) mass is 688 g/mol. The van der Waals surface area contributed by atoms with Crippen molar-refractivity contribution in [1.82, 2.24) is 14.9 Å². The van der Waals surface area contributed by atoms with Gasteiger partial charge >= 0.3 is 12.1 Å². The van der Waals surface area contributed by atoms with Gasteiger partial charge in [0.2, 0.25) is 5.91 Å². The number of hydrogen-bond acceptors (Lipinski definition) is 10. The molecule has 0 saturated carbocycles. The first-order chi connectivity index (χ1) is 22.2. The van der Waals surface area contributed by atoms with Gasteiger partial charge in [-0.25, -0.2) is 18.2 Å². The third-order valence-electron chi connectivity index (χ3n) is 7.05. The highest BCUT2D eigenvalue weighted by Crippen LogP contribution is 2.41. The van der Waals surface area contributed by atoms with Gasteiger partial charge in [0.1, 0.15) is 5.75 Å². The molecule has 11 nitrogen and oxygen atoms in total. The van der Waals surface area contributed by atoms with Crippen LogP contribution in [0.1, 0.15) is 34.5 Å². The van der Waals surface area contributed by atoms with Crippen LogP contribution in [0.25, 0.3) is 11.3 Å². The van der Waals surface area contributed by atoms with E-state index in [4.69, 9.17) is 9.47 Å². The maximum absolute atomic E-state index is 13.7. The van der Waals surface area contributed by atoms with Gasteiger partial charge in [-0.05, 0) is 67.8 Å². The van der Waals surface area contributed by atoms with E-state index in [1.807, 2.05) is 0 Å². The summed E-state index contributed by atoms with van der Waals surface area (Å²) in [5.74, 6) is -5.06. The van der Waals surface area contributed by atoms with Gasteiger partial charge in [-0.2, -0.15) is 13.2 Å². The maximum Gasteiger partial charge on any atom is 0.491 e. The summed E-state index contributed by atoms with van der Waals surface area (Å²) in [6.07, 6.45) is -1.11. The third kappa shape index (κ3) is 8.13. The van der Waals surface area contributed by atoms with Gasteiger partial charge < -0.3 is 14.4 Å². The fraction of sp³-hybridized carbons (Fsp3) is 0.258. The van der Waals surface area contributed by atoms with E-state index in [0.29, 0.717) is 30.0 Å². The van der Waals surface area contributed by atoms with Crippen LogP contribution < -0.4 is 14.8 Å². The molecule has 246 valence electrons. The molecule has 3 heterocycles. The van der Waals surface area contributed by atoms with Crippen LogP contribution in [0.4, 0.5) is 18.3 Å². The Bertz CT molecular complexity index is 1940. The lowest BCUT2D eigenvalue weighted by atomic mass is 10.0. The van der Waals surface area contributed by atoms with Gasteiger partial charge in [0.15, 0.2) is 26.5 Å². The second-order valence-electron chi connectivity index (χ2n) is 10.6. The average Bonchev–Trinajstić information content (AvgIpc) is 3.70. The Labute approximate surface area is 271 Å². The van der Waals surface area contributed by atoms with Gasteiger partial charge in [-0.1, -0.05) is 6.07 Å². The van der Waals surface area contributed by atoms with Gasteiger partial charge in [-0.3, -0.25) is 19.9 Å². The number of carbonyl (C=O) groups is 3. The number of sulfone groups is 1. The van der Waals surface area contributed by atoms with Crippen LogP contribution >= 0.6 is 11.3 Å². The van der Waals surface area contributed by atoms with Crippen molar-refractivity contribution in [2.75, 3.05) is 24.7 Å². The van der Waals surface area contributed by atoms with Crippen molar-refractivity contribution < 1.29 is 45.4 Å². The first-order valence-corrected chi connectivity index (χ1v) is 16.9. The summed E-state index contributed by atoms with van der Waals surface area (Å²) >= 11 is 1.000. The Balaban J connectivity index is 1.56. The van der Waals surface area contributed by atoms with Crippen molar-refractivity contribution in [3.8, 4) is 28.5 Å². The number of ether oxygens (including phenoxy) is 2. The molecule has 4 aromatic rings. The Hall–Kier alpha value is -4.83. The lowest BCUT2D eigenvalue weighted by molar-refractivity contribution is -0.189. The largest absolute Gasteiger partial charge is 0.491 e. The Morgan fingerprint density at radius 3 is 2.40 bits per heavy atom. The standard InChI is InChI=1S/C31H27F3N4O7S2/c1-18-6-5-11-35-26(18)19-14-23(28(40)37-30-36-20(17-46-30)16-25(39)38-12-3-4-13-38)27(45-29(41)31(32,33)34)24(15-19)44-21-7-9-22(10-8-21)47(2,42)43/h5-11,14-15,17H,3-4,12-13,16H2,1-2H3,(H,36,37,40). The van der Waals surface area contributed by atoms with E-state index in [9.17, 15) is 36.0 Å². The number of thiazole rings is 1. The normalized spacial score (nSPS) is 13.3. The van der Waals surface area contributed by atoms with Crippen LogP contribution in [-0.4, -0.2) is 66.6 Å². The van der Waals surface area contributed by atoms with Crippen molar-refractivity contribution in [1.29, 1.82) is 0 Å². The molecule has 0 bridgehead atoms. The number of anilines is 1. The third-order valence-corrected chi connectivity index (χ3v) is 8.99. The van der Waals surface area contributed by atoms with Crippen molar-refractivity contribution in [3.63, 3.8) is 0 Å². The molecule has 2 aromatic carbocycles. The SMILES string of the molecule is Cc1cccnc1-c1cc(Oc2ccc(S(C)(=O)=O)cc2)c(OC(=O)C(F)(F)F)c(C(=O)Nc2nc(CC(=O)N3CCCC3)cs2)c1. The zero-order valence-corrected chi connectivity index (χ0v) is 26.6. The molecule has 0 aliphatic carbocycles. The summed E-state index contributed by atoms with van der Waals surface area (Å²) in [6.45, 7) is 3.04. The van der Waals surface area contributed by atoms with E-state index in [-0.39, 0.29) is 33.7 Å². The van der Waals surface area contributed by atoms with Gasteiger partial charge in [0, 0.05) is 36.5 Å². The number of alkyl halides is 3. The molecule has 1 fully saturated rings. The van der Waals surface area contributed by atoms with Crippen molar-refractivity contribution in [3.05, 3.63) is 76.9 Å². The Morgan fingerprint density at radius 1 is 1.06 bits per heavy atom. The van der Waals surface area contributed by atoms with Gasteiger partial charge in [0.25, 0.3) is 5.91 Å². The summed E-state index contributed by atoms with van der Waals surface area (Å²) < 4.78 is 74.7. The molecule has 1 aliphatic rings. The minimum Gasteiger partial charge on any atom is -0.453 e. The van der Waals surface area contributed by atoms with Gasteiger partial charge in [0.05, 0.1) is 28.3 Å². The molecular formula is C31H27F3N4O7S2. The number of esters is 1. The molecule has 0 unspecified atom stereocenters. The average molecular weight is 689 g/mol. The highest BCUT2D eigenvalue weighted by atomic mass is 32.2. The molecule has 1 saturated heterocycles. The lowest BCUT2D eigenvalue weighted by Crippen LogP contribution is -2.29. The van der Waals surface area contributed by atoms with Crippen LogP contribution in [0.3, 0.4) is 0 Å². The number of nitrogens with one attached hydrogen (secondary N) is 1. The van der Waals surface area contributed by atoms with Crippen LogP contribution in [0.5, 0.6) is 17.2 Å². The maximum atomic E-state index is 13.7. The second-order valence-corrected chi connectivity index (χ2v) is 13.5. The highest BCUT2D eigenvalue weighted by molar-refractivity contribution is 7.90. The number of nitrogens with zero attached hydrogens (tertiary/aromatic N) is 3. The van der Waals surface area contributed by atoms with E-state index >= 15 is 0 Å². The molecule has 0 spiro atoms. The number of carbonyl (C=O) groups excluding carboxylic acids is 3. The highest BCUT2D eigenvalue weighted by Gasteiger charge is 2.43. The molecule has 2 amide bonds. The number of benzene rings is 2. The van der Waals surface area contributed by atoms with Crippen LogP contribution in [-0.2, 0) is 25.8 Å². The predicted octanol–water partition coefficient (Wildman–Crippen LogP) is 5.59. The van der Waals surface area contributed by atoms with E-state index in [1.54, 1.807) is 29.3 Å². The number of aryl methyl sites for hydroxylation is 1. The molecule has 47 heavy (non-hydrogen) atoms. The summed E-state index contributed by atoms with van der Waals surface area (Å²) in [4.78, 5) is 48.6. The van der Waals surface area contributed by atoms with Crippen LogP contribution in [0.15, 0.2) is 65.0 Å². The number of likely N-dealkylation sites (tertiary alicyclic amines) is 1. The Morgan fingerprint density at radius 2 is 1.77 bits per heavy atom. The van der Waals surface area contributed by atoms with Crippen molar-refractivity contribution >= 4 is 44.1 Å². The molecule has 16 heteroatoms. The molecule has 0 radical (unpaired) electrons. The molecule has 2 aromatic heterocycles. The molecular weight excluding hydrogens is 661 g/mol. The van der Waals surface area contributed by atoms with Crippen LogP contribution in [0.2, 0.25) is 0 Å². The molecule has 1 N–H and O–H groups in total. The quantitative estimate of drug-likeness (QED) is 0.176. The number of rotatable bonds is 9. The fourth-order valence-electron chi connectivity index (χ4n) is 4.75. The van der Waals surface area contributed by atoms with E-state index in [1.165, 1.54) is 42.6 Å². The summed E-state index contributed by atoms with van der Waals surface area (Å²) in [5, 5.41) is 4.14. The summed E-state index contributed by atoms with van der Waals surface area (Å²) in [6, 6.07) is 10.8. The van der Waals surface area contributed by atoms with E-state index in [0.717, 1.165) is 30.4 Å². The minimum atomic E-state index is -5.43. The molecule has 5 rings (SSSR count). The van der Waals surface area contributed by atoms with Crippen molar-refractivity contribution in [2.24, 2.45) is 0 Å². The number of amides is 2. The number of halogens is 3. The predicted molar refractivity (Wildman–Crippen MR) is 165 cm³/mol. The number of aromatic nitrogens is 2. The van der Waals surface area contributed by atoms with E-state index < -0.39 is 45.0 Å². The fourth-order valence-corrected chi connectivity index (χ4v) is 6.09. The summed E-state index contributed by atoms with van der Waals surface area (Å²) in [7, 11) is -3.57. The topological polar surface area (TPSA) is 145 Å². The molecule has 0 atom stereocenters. The second kappa shape index (κ2) is 13.5. The number of pyridine rings is 1. The smallest absolute Gasteiger partial charge is 0.453 e. The first-order valence-electron chi connectivity index (χ1n) is 14.1. The van der Waals surface area contributed by atoms with Crippen LogP contribution in [0, 0.1) is 6.92 Å².